The van der Waals surface area contributed by atoms with Crippen LogP contribution in [0.4, 0.5) is 0 Å². The van der Waals surface area contributed by atoms with Crippen molar-refractivity contribution in [3.63, 3.8) is 0 Å². The van der Waals surface area contributed by atoms with Crippen molar-refractivity contribution in [1.82, 2.24) is 10.3 Å². The maximum absolute atomic E-state index is 5.29. The Bertz CT molecular complexity index is 440. The van der Waals surface area contributed by atoms with Crippen LogP contribution < -0.4 is 61.4 Å². The number of benzene rings is 1. The van der Waals surface area contributed by atoms with Crippen molar-refractivity contribution in [2.45, 2.75) is 6.92 Å². The second-order valence-corrected chi connectivity index (χ2v) is 3.42. The normalized spacial score (nSPS) is 8.94. The molecule has 0 atom stereocenters. The number of nitrogens with one attached hydrogen (secondary N) is 2. The molecule has 0 amide bonds. The summed E-state index contributed by atoms with van der Waals surface area (Å²) in [6.45, 7) is 2.02. The molecule has 1 aromatic carbocycles. The zero-order valence-corrected chi connectivity index (χ0v) is 14.4. The molecule has 17 heavy (non-hydrogen) atoms. The largest absolute Gasteiger partial charge is 1.00 e. The number of ether oxygens (including phenoxy) is 1. The molecule has 0 fully saturated rings. The van der Waals surface area contributed by atoms with Crippen LogP contribution in [-0.2, 0) is 0 Å². The summed E-state index contributed by atoms with van der Waals surface area (Å²) < 4.78 is 5.29. The summed E-state index contributed by atoms with van der Waals surface area (Å²) in [5.74, 6) is 0.923. The third-order valence-corrected chi connectivity index (χ3v) is 2.23. The third kappa shape index (κ3) is 4.32. The van der Waals surface area contributed by atoms with Crippen molar-refractivity contribution in [3.8, 4) is 5.75 Å². The van der Waals surface area contributed by atoms with Crippen molar-refractivity contribution >= 4 is 10.9 Å². The zero-order chi connectivity index (χ0) is 12.0. The van der Waals surface area contributed by atoms with Crippen LogP contribution in [0.15, 0.2) is 24.4 Å². The number of fused-ring (bicyclic) bond motifs is 1. The molecular formula is C13H19KN2O. The predicted molar refractivity (Wildman–Crippen MR) is 68.9 cm³/mol. The molecule has 2 aromatic rings. The number of methoxy groups -OCH3 is 1. The Labute approximate surface area is 146 Å². The maximum atomic E-state index is 5.29. The number of aromatic nitrogens is 1. The van der Waals surface area contributed by atoms with Gasteiger partial charge in [0, 0.05) is 0 Å². The van der Waals surface area contributed by atoms with Crippen LogP contribution in [0.5, 0.6) is 5.75 Å². The van der Waals surface area contributed by atoms with Gasteiger partial charge in [0.05, 0.1) is 12.9 Å². The minimum atomic E-state index is 0. The molecule has 0 bridgehead atoms. The van der Waals surface area contributed by atoms with Gasteiger partial charge < -0.3 is 15.0 Å². The van der Waals surface area contributed by atoms with E-state index in [2.05, 4.69) is 16.7 Å². The van der Waals surface area contributed by atoms with Gasteiger partial charge in [0.2, 0.25) is 0 Å². The first kappa shape index (κ1) is 17.0. The van der Waals surface area contributed by atoms with E-state index in [0.29, 0.717) is 0 Å². The minimum Gasteiger partial charge on any atom is -0.509 e. The average Bonchev–Trinajstić information content (AvgIpc) is 2.72. The van der Waals surface area contributed by atoms with Gasteiger partial charge in [-0.2, -0.15) is 12.0 Å². The van der Waals surface area contributed by atoms with E-state index in [1.54, 1.807) is 7.11 Å². The Morgan fingerprint density at radius 1 is 1.29 bits per heavy atom. The molecule has 2 N–H and O–H groups in total. The van der Waals surface area contributed by atoms with E-state index in [1.165, 1.54) is 5.56 Å². The van der Waals surface area contributed by atoms with Gasteiger partial charge in [0.1, 0.15) is 0 Å². The van der Waals surface area contributed by atoms with Gasteiger partial charge in [-0.05, 0) is 25.7 Å². The molecule has 4 heteroatoms. The second kappa shape index (κ2) is 9.02. The zero-order valence-electron chi connectivity index (χ0n) is 11.3. The van der Waals surface area contributed by atoms with Crippen LogP contribution in [0.2, 0.25) is 0 Å². The molecule has 0 saturated carbocycles. The summed E-state index contributed by atoms with van der Waals surface area (Å²) in [5, 5.41) is 3.91. The third-order valence-electron chi connectivity index (χ3n) is 2.23. The Kier molecular flexibility index (Phi) is 9.04. The molecular weight excluding hydrogens is 239 g/mol. The molecule has 0 radical (unpaired) electrons. The van der Waals surface area contributed by atoms with Gasteiger partial charge in [0.15, 0.2) is 0 Å². The molecule has 3 nitrogen and oxygen atoms in total. The fourth-order valence-corrected chi connectivity index (χ4v) is 1.57. The number of hydrogen-bond acceptors (Lipinski definition) is 2. The summed E-state index contributed by atoms with van der Waals surface area (Å²) in [7, 11) is 5.45. The smallest absolute Gasteiger partial charge is 0.509 e. The quantitative estimate of drug-likeness (QED) is 0.567. The van der Waals surface area contributed by atoms with Gasteiger partial charge in [-0.25, -0.2) is 0 Å². The van der Waals surface area contributed by atoms with E-state index in [9.17, 15) is 0 Å². The van der Waals surface area contributed by atoms with E-state index in [0.717, 1.165) is 16.7 Å². The van der Waals surface area contributed by atoms with Gasteiger partial charge in [-0.15, -0.1) is 6.20 Å². The Morgan fingerprint density at radius 3 is 2.47 bits per heavy atom. The van der Waals surface area contributed by atoms with Gasteiger partial charge in [-0.3, -0.25) is 0 Å². The van der Waals surface area contributed by atoms with Gasteiger partial charge >= 0.3 is 51.4 Å². The molecule has 1 heterocycles. The van der Waals surface area contributed by atoms with Crippen molar-refractivity contribution < 1.29 is 56.1 Å². The second-order valence-electron chi connectivity index (χ2n) is 3.42. The number of H-pyrrole nitrogens is 1. The van der Waals surface area contributed by atoms with Gasteiger partial charge in [0.25, 0.3) is 0 Å². The summed E-state index contributed by atoms with van der Waals surface area (Å²) in [5.41, 5.74) is 2.31. The predicted octanol–water partition coefficient (Wildman–Crippen LogP) is -0.412. The Balaban J connectivity index is 0.000000583. The van der Waals surface area contributed by atoms with Crippen LogP contribution in [-0.4, -0.2) is 26.2 Å². The van der Waals surface area contributed by atoms with Crippen LogP contribution in [0.1, 0.15) is 12.5 Å². The van der Waals surface area contributed by atoms with Crippen molar-refractivity contribution in [2.75, 3.05) is 21.2 Å². The van der Waals surface area contributed by atoms with Crippen molar-refractivity contribution in [1.29, 1.82) is 0 Å². The molecule has 0 unspecified atom stereocenters. The van der Waals surface area contributed by atoms with E-state index in [-0.39, 0.29) is 51.4 Å². The first-order valence-corrected chi connectivity index (χ1v) is 5.30. The molecule has 0 aliphatic carbocycles. The fourth-order valence-electron chi connectivity index (χ4n) is 1.57. The van der Waals surface area contributed by atoms with Crippen molar-refractivity contribution in [3.05, 3.63) is 36.4 Å². The van der Waals surface area contributed by atoms with E-state index in [4.69, 9.17) is 4.74 Å². The molecule has 0 aliphatic heterocycles. The summed E-state index contributed by atoms with van der Waals surface area (Å²) >= 11 is 0. The Hall–Kier alpha value is 0.0264. The number of hydrogen-bond donors (Lipinski definition) is 2. The molecule has 1 aromatic heterocycles. The molecule has 2 rings (SSSR count). The topological polar surface area (TPSA) is 37.0 Å². The summed E-state index contributed by atoms with van der Waals surface area (Å²) in [6, 6.07) is 6.01. The van der Waals surface area contributed by atoms with E-state index in [1.807, 2.05) is 45.4 Å². The van der Waals surface area contributed by atoms with E-state index >= 15 is 0 Å². The fraction of sp³-hybridized carbons (Fsp3) is 0.308. The van der Waals surface area contributed by atoms with Crippen LogP contribution >= 0.6 is 0 Å². The number of rotatable bonds is 2. The first-order chi connectivity index (χ1) is 7.78. The Morgan fingerprint density at radius 2 is 1.94 bits per heavy atom. The van der Waals surface area contributed by atoms with Crippen molar-refractivity contribution in [2.24, 2.45) is 0 Å². The number of aromatic amines is 1. The monoisotopic (exact) mass is 258 g/mol. The SMILES string of the molecule is CNC.C[CH-]c1c[nH]c2cccc(OC)c12.[K+]. The molecule has 0 aliphatic rings. The molecule has 0 saturated heterocycles. The van der Waals surface area contributed by atoms with Crippen LogP contribution in [0, 0.1) is 6.42 Å². The maximum Gasteiger partial charge on any atom is 1.00 e. The van der Waals surface area contributed by atoms with Crippen LogP contribution in [0.25, 0.3) is 10.9 Å². The summed E-state index contributed by atoms with van der Waals surface area (Å²) in [6.07, 6.45) is 4.06. The average molecular weight is 258 g/mol. The standard InChI is InChI=1S/C11H12NO.C2H7N.K/c1-3-8-7-12-9-5-4-6-10(13-2)11(8)9;1-3-2;/h3-7,12H,1-2H3;3H,1-2H3;/q-1;;+1. The molecule has 88 valence electrons. The minimum absolute atomic E-state index is 0. The van der Waals surface area contributed by atoms with E-state index < -0.39 is 0 Å². The summed E-state index contributed by atoms with van der Waals surface area (Å²) in [4.78, 5) is 3.20. The van der Waals surface area contributed by atoms with Crippen LogP contribution in [0.3, 0.4) is 0 Å². The first-order valence-electron chi connectivity index (χ1n) is 5.30. The molecule has 0 spiro atoms. The van der Waals surface area contributed by atoms with Gasteiger partial charge in [-0.1, -0.05) is 24.4 Å².